The standard InChI is InChI=1S/C16H22N4/c1-13-9-11-17-16(18-13)19-15(10-12-20(2)3)14-7-5-4-6-8-14/h4-9,11,15H,10,12H2,1-3H3,(H,17,18,19). The van der Waals surface area contributed by atoms with Gasteiger partial charge in [-0.05, 0) is 45.6 Å². The van der Waals surface area contributed by atoms with Gasteiger partial charge in [0.15, 0.2) is 0 Å². The second-order valence-electron chi connectivity index (χ2n) is 5.22. The van der Waals surface area contributed by atoms with Crippen molar-refractivity contribution in [1.29, 1.82) is 0 Å². The van der Waals surface area contributed by atoms with Crippen molar-refractivity contribution >= 4 is 5.95 Å². The van der Waals surface area contributed by atoms with Gasteiger partial charge in [0.2, 0.25) is 5.95 Å². The Balaban J connectivity index is 2.14. The molecular formula is C16H22N4. The summed E-state index contributed by atoms with van der Waals surface area (Å²) in [4.78, 5) is 10.9. The highest BCUT2D eigenvalue weighted by atomic mass is 15.1. The predicted octanol–water partition coefficient (Wildman–Crippen LogP) is 2.89. The van der Waals surface area contributed by atoms with E-state index < -0.39 is 0 Å². The lowest BCUT2D eigenvalue weighted by Gasteiger charge is -2.21. The molecule has 1 aromatic carbocycles. The molecule has 0 bridgehead atoms. The largest absolute Gasteiger partial charge is 0.347 e. The van der Waals surface area contributed by atoms with E-state index in [0.717, 1.165) is 18.7 Å². The predicted molar refractivity (Wildman–Crippen MR) is 82.7 cm³/mol. The van der Waals surface area contributed by atoms with Crippen LogP contribution in [0.1, 0.15) is 23.7 Å². The van der Waals surface area contributed by atoms with Crippen molar-refractivity contribution in [2.45, 2.75) is 19.4 Å². The number of hydrogen-bond acceptors (Lipinski definition) is 4. The van der Waals surface area contributed by atoms with Crippen molar-refractivity contribution in [1.82, 2.24) is 14.9 Å². The molecule has 0 amide bonds. The summed E-state index contributed by atoms with van der Waals surface area (Å²) in [6, 6.07) is 12.6. The smallest absolute Gasteiger partial charge is 0.223 e. The van der Waals surface area contributed by atoms with Crippen LogP contribution in [0.5, 0.6) is 0 Å². The summed E-state index contributed by atoms with van der Waals surface area (Å²) in [7, 11) is 4.18. The van der Waals surface area contributed by atoms with Gasteiger partial charge >= 0.3 is 0 Å². The first-order valence-corrected chi connectivity index (χ1v) is 6.91. The van der Waals surface area contributed by atoms with Gasteiger partial charge in [0, 0.05) is 11.9 Å². The molecular weight excluding hydrogens is 248 g/mol. The zero-order valence-corrected chi connectivity index (χ0v) is 12.4. The summed E-state index contributed by atoms with van der Waals surface area (Å²) in [5, 5.41) is 3.44. The summed E-state index contributed by atoms with van der Waals surface area (Å²) in [6.45, 7) is 2.99. The molecule has 2 aromatic rings. The Kier molecular flexibility index (Phi) is 5.07. The monoisotopic (exact) mass is 270 g/mol. The normalized spacial score (nSPS) is 12.4. The molecule has 0 saturated heterocycles. The topological polar surface area (TPSA) is 41.1 Å². The van der Waals surface area contributed by atoms with Gasteiger partial charge in [-0.2, -0.15) is 0 Å². The SMILES string of the molecule is Cc1ccnc(NC(CCN(C)C)c2ccccc2)n1. The number of nitrogens with zero attached hydrogens (tertiary/aromatic N) is 3. The third-order valence-electron chi connectivity index (χ3n) is 3.17. The van der Waals surface area contributed by atoms with Crippen molar-refractivity contribution in [2.24, 2.45) is 0 Å². The maximum atomic E-state index is 4.43. The van der Waals surface area contributed by atoms with Crippen LogP contribution in [0.4, 0.5) is 5.95 Å². The van der Waals surface area contributed by atoms with Crippen molar-refractivity contribution in [3.8, 4) is 0 Å². The molecule has 1 heterocycles. The Labute approximate surface area is 120 Å². The first-order chi connectivity index (χ1) is 9.65. The molecule has 0 aliphatic carbocycles. The van der Waals surface area contributed by atoms with Crippen LogP contribution < -0.4 is 5.32 Å². The Morgan fingerprint density at radius 3 is 2.55 bits per heavy atom. The van der Waals surface area contributed by atoms with Crippen LogP contribution in [-0.2, 0) is 0 Å². The summed E-state index contributed by atoms with van der Waals surface area (Å²) < 4.78 is 0. The van der Waals surface area contributed by atoms with Gasteiger partial charge in [0.1, 0.15) is 0 Å². The van der Waals surface area contributed by atoms with Crippen LogP contribution in [0.15, 0.2) is 42.6 Å². The number of aryl methyl sites for hydroxylation is 1. The molecule has 0 saturated carbocycles. The first-order valence-electron chi connectivity index (χ1n) is 6.91. The fraction of sp³-hybridized carbons (Fsp3) is 0.375. The van der Waals surface area contributed by atoms with Crippen molar-refractivity contribution in [3.05, 3.63) is 53.9 Å². The molecule has 1 N–H and O–H groups in total. The molecule has 1 atom stereocenters. The second-order valence-corrected chi connectivity index (χ2v) is 5.22. The molecule has 0 radical (unpaired) electrons. The third-order valence-corrected chi connectivity index (χ3v) is 3.17. The molecule has 1 unspecified atom stereocenters. The second kappa shape index (κ2) is 7.01. The van der Waals surface area contributed by atoms with Crippen LogP contribution in [0.3, 0.4) is 0 Å². The van der Waals surface area contributed by atoms with E-state index >= 15 is 0 Å². The van der Waals surface area contributed by atoms with E-state index in [9.17, 15) is 0 Å². The van der Waals surface area contributed by atoms with Gasteiger partial charge in [-0.25, -0.2) is 9.97 Å². The number of benzene rings is 1. The van der Waals surface area contributed by atoms with E-state index in [0.29, 0.717) is 5.95 Å². The Hall–Kier alpha value is -1.94. The number of anilines is 1. The first kappa shape index (κ1) is 14.5. The van der Waals surface area contributed by atoms with Gasteiger partial charge in [-0.1, -0.05) is 30.3 Å². The summed E-state index contributed by atoms with van der Waals surface area (Å²) in [6.07, 6.45) is 2.80. The zero-order valence-electron chi connectivity index (χ0n) is 12.4. The molecule has 106 valence electrons. The Morgan fingerprint density at radius 2 is 1.90 bits per heavy atom. The minimum absolute atomic E-state index is 0.223. The number of hydrogen-bond donors (Lipinski definition) is 1. The quantitative estimate of drug-likeness (QED) is 0.876. The lowest BCUT2D eigenvalue weighted by molar-refractivity contribution is 0.387. The molecule has 0 fully saturated rings. The Morgan fingerprint density at radius 1 is 1.15 bits per heavy atom. The van der Waals surface area contributed by atoms with Gasteiger partial charge in [-0.15, -0.1) is 0 Å². The van der Waals surface area contributed by atoms with Crippen molar-refractivity contribution in [2.75, 3.05) is 26.0 Å². The molecule has 4 heteroatoms. The van der Waals surface area contributed by atoms with E-state index in [1.54, 1.807) is 6.20 Å². The van der Waals surface area contributed by atoms with Gasteiger partial charge in [0.05, 0.1) is 6.04 Å². The third kappa shape index (κ3) is 4.31. The molecule has 0 spiro atoms. The molecule has 2 rings (SSSR count). The van der Waals surface area contributed by atoms with Crippen molar-refractivity contribution in [3.63, 3.8) is 0 Å². The zero-order chi connectivity index (χ0) is 14.4. The molecule has 1 aromatic heterocycles. The molecule has 20 heavy (non-hydrogen) atoms. The van der Waals surface area contributed by atoms with Gasteiger partial charge in [0.25, 0.3) is 0 Å². The highest BCUT2D eigenvalue weighted by Crippen LogP contribution is 2.20. The van der Waals surface area contributed by atoms with E-state index in [1.807, 2.05) is 19.1 Å². The molecule has 0 aliphatic heterocycles. The van der Waals surface area contributed by atoms with Gasteiger partial charge in [-0.3, -0.25) is 0 Å². The summed E-state index contributed by atoms with van der Waals surface area (Å²) >= 11 is 0. The Bertz CT molecular complexity index is 525. The maximum Gasteiger partial charge on any atom is 0.223 e. The van der Waals surface area contributed by atoms with Crippen LogP contribution in [-0.4, -0.2) is 35.5 Å². The fourth-order valence-electron chi connectivity index (χ4n) is 2.07. The number of rotatable bonds is 6. The fourth-order valence-corrected chi connectivity index (χ4v) is 2.07. The highest BCUT2D eigenvalue weighted by molar-refractivity contribution is 5.32. The minimum Gasteiger partial charge on any atom is -0.347 e. The lowest BCUT2D eigenvalue weighted by atomic mass is 10.0. The van der Waals surface area contributed by atoms with Crippen LogP contribution >= 0.6 is 0 Å². The van der Waals surface area contributed by atoms with E-state index in [1.165, 1.54) is 5.56 Å². The maximum absolute atomic E-state index is 4.43. The summed E-state index contributed by atoms with van der Waals surface area (Å²) in [5.41, 5.74) is 2.24. The molecule has 4 nitrogen and oxygen atoms in total. The minimum atomic E-state index is 0.223. The van der Waals surface area contributed by atoms with E-state index in [4.69, 9.17) is 0 Å². The lowest BCUT2D eigenvalue weighted by Crippen LogP contribution is -2.20. The van der Waals surface area contributed by atoms with Crippen LogP contribution in [0, 0.1) is 6.92 Å². The van der Waals surface area contributed by atoms with E-state index in [-0.39, 0.29) is 6.04 Å². The molecule has 0 aliphatic rings. The van der Waals surface area contributed by atoms with Crippen LogP contribution in [0.25, 0.3) is 0 Å². The van der Waals surface area contributed by atoms with E-state index in [2.05, 4.69) is 58.5 Å². The van der Waals surface area contributed by atoms with Crippen molar-refractivity contribution < 1.29 is 0 Å². The summed E-state index contributed by atoms with van der Waals surface area (Å²) in [5.74, 6) is 0.692. The average molecular weight is 270 g/mol. The highest BCUT2D eigenvalue weighted by Gasteiger charge is 2.12. The average Bonchev–Trinajstić information content (AvgIpc) is 2.44. The van der Waals surface area contributed by atoms with Gasteiger partial charge < -0.3 is 10.2 Å². The number of aromatic nitrogens is 2. The number of nitrogens with one attached hydrogen (secondary N) is 1. The van der Waals surface area contributed by atoms with Crippen LogP contribution in [0.2, 0.25) is 0 Å².